The van der Waals surface area contributed by atoms with E-state index in [1.807, 2.05) is 12.1 Å². The van der Waals surface area contributed by atoms with Crippen molar-refractivity contribution in [2.45, 2.75) is 64.1 Å². The number of aromatic nitrogens is 3. The van der Waals surface area contributed by atoms with Gasteiger partial charge in [0.15, 0.2) is 0 Å². The predicted molar refractivity (Wildman–Crippen MR) is 174 cm³/mol. The van der Waals surface area contributed by atoms with Gasteiger partial charge in [-0.15, -0.1) is 0 Å². The molecule has 0 spiro atoms. The van der Waals surface area contributed by atoms with Gasteiger partial charge in [0, 0.05) is 49.9 Å². The van der Waals surface area contributed by atoms with Crippen molar-refractivity contribution in [2.75, 3.05) is 24.3 Å². The summed E-state index contributed by atoms with van der Waals surface area (Å²) < 4.78 is 7.70. The molecule has 1 aliphatic carbocycles. The molecule has 3 heterocycles. The fourth-order valence-electron chi connectivity index (χ4n) is 6.24. The Hall–Kier alpha value is -4.85. The maximum absolute atomic E-state index is 13.1. The number of amides is 2. The van der Waals surface area contributed by atoms with Gasteiger partial charge in [0.1, 0.15) is 17.7 Å². The first-order valence-corrected chi connectivity index (χ1v) is 15.5. The van der Waals surface area contributed by atoms with E-state index in [1.54, 1.807) is 31.4 Å². The van der Waals surface area contributed by atoms with E-state index in [1.165, 1.54) is 12.1 Å². The molecular weight excluding hydrogens is 566 g/mol. The van der Waals surface area contributed by atoms with Crippen LogP contribution in [0.4, 0.5) is 11.5 Å². The summed E-state index contributed by atoms with van der Waals surface area (Å²) in [6.07, 6.45) is 9.87. The minimum absolute atomic E-state index is 0.190. The topological polar surface area (TPSA) is 134 Å². The number of imidazole rings is 1. The second-order valence-corrected chi connectivity index (χ2v) is 11.7. The molecule has 1 fully saturated rings. The third kappa shape index (κ3) is 6.80. The maximum Gasteiger partial charge on any atom is 0.256 e. The van der Waals surface area contributed by atoms with Crippen LogP contribution >= 0.6 is 0 Å². The molecule has 2 aliphatic rings. The van der Waals surface area contributed by atoms with Crippen LogP contribution in [0.15, 0.2) is 60.7 Å². The molecule has 10 heteroatoms. The molecule has 0 unspecified atom stereocenters. The van der Waals surface area contributed by atoms with Crippen LogP contribution in [0.5, 0.6) is 0 Å². The second-order valence-electron chi connectivity index (χ2n) is 11.7. The van der Waals surface area contributed by atoms with Crippen molar-refractivity contribution in [3.63, 3.8) is 0 Å². The summed E-state index contributed by atoms with van der Waals surface area (Å²) in [5.74, 6) is 0.768. The highest BCUT2D eigenvalue weighted by atomic mass is 16.5. The van der Waals surface area contributed by atoms with Crippen LogP contribution in [0, 0.1) is 18.3 Å². The number of nitriles is 1. The zero-order chi connectivity index (χ0) is 31.3. The Morgan fingerprint density at radius 2 is 1.93 bits per heavy atom. The number of benzene rings is 2. The molecule has 3 N–H and O–H groups in total. The van der Waals surface area contributed by atoms with Crippen molar-refractivity contribution in [2.24, 2.45) is 0 Å². The van der Waals surface area contributed by atoms with Gasteiger partial charge in [-0.3, -0.25) is 9.59 Å². The van der Waals surface area contributed by atoms with Gasteiger partial charge in [-0.25, -0.2) is 9.97 Å². The molecule has 1 saturated carbocycles. The largest absolute Gasteiger partial charge is 0.381 e. The molecule has 10 nitrogen and oxygen atoms in total. The zero-order valence-corrected chi connectivity index (χ0v) is 25.6. The number of ether oxygens (including phenoxy) is 1. The molecule has 45 heavy (non-hydrogen) atoms. The zero-order valence-electron chi connectivity index (χ0n) is 25.6. The van der Waals surface area contributed by atoms with Crippen LogP contribution in [-0.4, -0.2) is 52.1 Å². The highest BCUT2D eigenvalue weighted by Crippen LogP contribution is 2.31. The average molecular weight is 604 g/mol. The van der Waals surface area contributed by atoms with E-state index in [0.717, 1.165) is 78.7 Å². The summed E-state index contributed by atoms with van der Waals surface area (Å²) >= 11 is 0. The number of anilines is 2. The van der Waals surface area contributed by atoms with Gasteiger partial charge < -0.3 is 25.3 Å². The highest BCUT2D eigenvalue weighted by Gasteiger charge is 2.20. The normalized spacial score (nSPS) is 17.7. The van der Waals surface area contributed by atoms with Gasteiger partial charge in [0.05, 0.1) is 34.1 Å². The number of methoxy groups -OCH3 is 1. The number of nitrogens with one attached hydrogen (secondary N) is 3. The van der Waals surface area contributed by atoms with E-state index < -0.39 is 5.91 Å². The van der Waals surface area contributed by atoms with E-state index in [0.29, 0.717) is 30.2 Å². The molecule has 6 rings (SSSR count). The minimum atomic E-state index is -0.405. The number of carbonyl (C=O) groups excluding carboxylic acids is 2. The predicted octanol–water partition coefficient (Wildman–Crippen LogP) is 5.52. The minimum Gasteiger partial charge on any atom is -0.381 e. The van der Waals surface area contributed by atoms with E-state index >= 15 is 0 Å². The highest BCUT2D eigenvalue weighted by molar-refractivity contribution is 6.05. The van der Waals surface area contributed by atoms with E-state index in [9.17, 15) is 14.9 Å². The Balaban J connectivity index is 1.07. The maximum atomic E-state index is 13.1. The number of nitrogens with zero attached hydrogens (tertiary/aromatic N) is 4. The van der Waals surface area contributed by atoms with Crippen LogP contribution in [0.3, 0.4) is 0 Å². The Morgan fingerprint density at radius 3 is 2.73 bits per heavy atom. The molecular formula is C35H37N7O3. The van der Waals surface area contributed by atoms with Crippen molar-refractivity contribution in [3.05, 3.63) is 83.2 Å². The number of rotatable bonds is 9. The first-order valence-electron chi connectivity index (χ1n) is 15.5. The number of hydrogen-bond donors (Lipinski definition) is 3. The SMILES string of the molecule is CO[C@H]1CC[C@H](NC/C=C/C(=O)Nc2ccc(C(=O)Nc3cccc(-c4cc5nc6n(c5cc4C)CCC6)n3)cc2C#N)CC1. The van der Waals surface area contributed by atoms with Crippen molar-refractivity contribution >= 4 is 34.4 Å². The summed E-state index contributed by atoms with van der Waals surface area (Å²) in [5.41, 5.74) is 5.68. The molecule has 0 bridgehead atoms. The molecule has 0 atom stereocenters. The lowest BCUT2D eigenvalue weighted by molar-refractivity contribution is -0.111. The Morgan fingerprint density at radius 1 is 1.09 bits per heavy atom. The first-order chi connectivity index (χ1) is 21.9. The van der Waals surface area contributed by atoms with E-state index in [-0.39, 0.29) is 17.0 Å². The molecule has 2 amide bonds. The molecule has 4 aromatic rings. The fraction of sp³-hybridized carbons (Fsp3) is 0.343. The summed E-state index contributed by atoms with van der Waals surface area (Å²) in [5, 5.41) is 18.8. The Labute approximate surface area is 262 Å². The van der Waals surface area contributed by atoms with Crippen LogP contribution in [0.25, 0.3) is 22.3 Å². The summed E-state index contributed by atoms with van der Waals surface area (Å²) in [7, 11) is 1.76. The van der Waals surface area contributed by atoms with Crippen molar-refractivity contribution in [3.8, 4) is 17.3 Å². The number of aryl methyl sites for hydroxylation is 3. The number of hydrogen-bond acceptors (Lipinski definition) is 7. The molecule has 2 aromatic carbocycles. The number of carbonyl (C=O) groups is 2. The number of pyridine rings is 1. The van der Waals surface area contributed by atoms with Crippen molar-refractivity contribution in [1.29, 1.82) is 5.26 Å². The Bertz CT molecular complexity index is 1810. The third-order valence-corrected chi connectivity index (χ3v) is 8.68. The third-order valence-electron chi connectivity index (χ3n) is 8.68. The molecule has 1 aliphatic heterocycles. The average Bonchev–Trinajstić information content (AvgIpc) is 3.65. The first kappa shape index (κ1) is 30.2. The monoisotopic (exact) mass is 603 g/mol. The lowest BCUT2D eigenvalue weighted by atomic mass is 9.93. The van der Waals surface area contributed by atoms with Crippen molar-refractivity contribution in [1.82, 2.24) is 19.9 Å². The van der Waals surface area contributed by atoms with Crippen LogP contribution in [0.2, 0.25) is 0 Å². The summed E-state index contributed by atoms with van der Waals surface area (Å²) in [6, 6.07) is 16.8. The van der Waals surface area contributed by atoms with Gasteiger partial charge in [-0.1, -0.05) is 12.1 Å². The van der Waals surface area contributed by atoms with Crippen molar-refractivity contribution < 1.29 is 14.3 Å². The molecule has 0 radical (unpaired) electrons. The van der Waals surface area contributed by atoms with E-state index in [4.69, 9.17) is 14.7 Å². The quantitative estimate of drug-likeness (QED) is 0.215. The summed E-state index contributed by atoms with van der Waals surface area (Å²) in [6.45, 7) is 3.63. The fourth-order valence-corrected chi connectivity index (χ4v) is 6.24. The molecule has 230 valence electrons. The standard InChI is InChI=1S/C35H37N7O3/c1-22-18-31-30(39-33-8-5-17-42(31)33)20-27(22)29-6-3-7-32(38-29)41-35(44)23-10-15-28(24(19-23)21-36)40-34(43)9-4-16-37-25-11-13-26(45-2)14-12-25/h3-4,6-7,9-10,15,18-20,25-26,37H,5,8,11-14,16-17H2,1-2H3,(H,40,43)(H,38,41,44)/b9-4+/t25-,26-. The lowest BCUT2D eigenvalue weighted by Crippen LogP contribution is -2.35. The van der Waals surface area contributed by atoms with Crippen LogP contribution < -0.4 is 16.0 Å². The molecule has 0 saturated heterocycles. The second kappa shape index (κ2) is 13.4. The van der Waals surface area contributed by atoms with Gasteiger partial charge >= 0.3 is 0 Å². The molecule has 2 aromatic heterocycles. The van der Waals surface area contributed by atoms with Gasteiger partial charge in [0.2, 0.25) is 5.91 Å². The lowest BCUT2D eigenvalue weighted by Gasteiger charge is -2.27. The Kier molecular flexibility index (Phi) is 9.01. The smallest absolute Gasteiger partial charge is 0.256 e. The van der Waals surface area contributed by atoms with E-state index in [2.05, 4.69) is 45.6 Å². The van der Waals surface area contributed by atoms with Crippen LogP contribution in [0.1, 0.15) is 59.4 Å². The van der Waals surface area contributed by atoms with Crippen LogP contribution in [-0.2, 0) is 22.5 Å². The summed E-state index contributed by atoms with van der Waals surface area (Å²) in [4.78, 5) is 35.2. The van der Waals surface area contributed by atoms with Gasteiger partial charge in [-0.05, 0) is 87.1 Å². The van der Waals surface area contributed by atoms with Gasteiger partial charge in [-0.2, -0.15) is 5.26 Å². The number of fused-ring (bicyclic) bond motifs is 3. The van der Waals surface area contributed by atoms with Gasteiger partial charge in [0.25, 0.3) is 5.91 Å².